The Bertz CT molecular complexity index is 218. The van der Waals surface area contributed by atoms with E-state index in [0.717, 1.165) is 13.1 Å². The van der Waals surface area contributed by atoms with Gasteiger partial charge in [-0.1, -0.05) is 12.2 Å². The molecule has 3 heteroatoms. The maximum atomic E-state index is 10.7. The van der Waals surface area contributed by atoms with Gasteiger partial charge in [0, 0.05) is 19.3 Å². The molecule has 0 aliphatic carbocycles. The normalized spacial score (nSPS) is 16.5. The largest absolute Gasteiger partial charge is 0.373 e. The van der Waals surface area contributed by atoms with Crippen LogP contribution in [0.25, 0.3) is 0 Å². The van der Waals surface area contributed by atoms with Gasteiger partial charge in [-0.2, -0.15) is 0 Å². The highest BCUT2D eigenvalue weighted by Gasteiger charge is 2.06. The summed E-state index contributed by atoms with van der Waals surface area (Å²) < 4.78 is 0. The average molecular weight is 152 g/mol. The van der Waals surface area contributed by atoms with Crippen molar-refractivity contribution < 1.29 is 4.79 Å². The summed E-state index contributed by atoms with van der Waals surface area (Å²) in [5.41, 5.74) is 5.68. The predicted molar refractivity (Wildman–Crippen MR) is 43.7 cm³/mol. The Labute approximate surface area is 66.2 Å². The van der Waals surface area contributed by atoms with Gasteiger partial charge in [0.25, 0.3) is 0 Å². The van der Waals surface area contributed by atoms with Crippen LogP contribution in [0, 0.1) is 0 Å². The summed E-state index contributed by atoms with van der Waals surface area (Å²) in [4.78, 5) is 12.7. The van der Waals surface area contributed by atoms with Crippen molar-refractivity contribution in [3.8, 4) is 0 Å². The summed E-state index contributed by atoms with van der Waals surface area (Å²) in [7, 11) is 0. The van der Waals surface area contributed by atoms with Crippen molar-refractivity contribution in [3.63, 3.8) is 0 Å². The van der Waals surface area contributed by atoms with E-state index in [1.54, 1.807) is 12.3 Å². The molecule has 1 aliphatic rings. The summed E-state index contributed by atoms with van der Waals surface area (Å²) in [6.45, 7) is 3.81. The molecule has 1 rings (SSSR count). The molecule has 0 unspecified atom stereocenters. The highest BCUT2D eigenvalue weighted by Crippen LogP contribution is 2.05. The van der Waals surface area contributed by atoms with Gasteiger partial charge in [-0.15, -0.1) is 0 Å². The van der Waals surface area contributed by atoms with Gasteiger partial charge in [0.05, 0.1) is 5.57 Å². The van der Waals surface area contributed by atoms with Gasteiger partial charge in [-0.25, -0.2) is 0 Å². The molecule has 2 N–H and O–H groups in total. The SMILES string of the molecule is CCN1C=C(C(N)=O)C=CC1. The fourth-order valence-electron chi connectivity index (χ4n) is 0.974. The van der Waals surface area contributed by atoms with Crippen molar-refractivity contribution in [3.05, 3.63) is 23.9 Å². The number of likely N-dealkylation sites (N-methyl/N-ethyl adjacent to an activating group) is 1. The molecular weight excluding hydrogens is 140 g/mol. The molecule has 0 aromatic carbocycles. The average Bonchev–Trinajstić information content (AvgIpc) is 2.05. The Morgan fingerprint density at radius 2 is 2.55 bits per heavy atom. The number of carbonyl (C=O) groups is 1. The van der Waals surface area contributed by atoms with Crippen LogP contribution in [0.4, 0.5) is 0 Å². The van der Waals surface area contributed by atoms with Gasteiger partial charge in [0.15, 0.2) is 0 Å². The van der Waals surface area contributed by atoms with Gasteiger partial charge in [0.1, 0.15) is 0 Å². The topological polar surface area (TPSA) is 46.3 Å². The van der Waals surface area contributed by atoms with E-state index < -0.39 is 0 Å². The van der Waals surface area contributed by atoms with Crippen LogP contribution in [0.3, 0.4) is 0 Å². The van der Waals surface area contributed by atoms with Crippen molar-refractivity contribution in [2.45, 2.75) is 6.92 Å². The molecule has 1 aliphatic heterocycles. The zero-order valence-corrected chi connectivity index (χ0v) is 6.58. The number of amides is 1. The van der Waals surface area contributed by atoms with E-state index in [-0.39, 0.29) is 5.91 Å². The lowest BCUT2D eigenvalue weighted by Gasteiger charge is -2.19. The number of hydrogen-bond donors (Lipinski definition) is 1. The number of carbonyl (C=O) groups excluding carboxylic acids is 1. The Kier molecular flexibility index (Phi) is 2.31. The molecule has 60 valence electrons. The molecule has 0 radical (unpaired) electrons. The minimum atomic E-state index is -0.362. The summed E-state index contributed by atoms with van der Waals surface area (Å²) >= 11 is 0. The second-order valence-corrected chi connectivity index (χ2v) is 2.44. The van der Waals surface area contributed by atoms with E-state index in [0.29, 0.717) is 5.57 Å². The lowest BCUT2D eigenvalue weighted by atomic mass is 10.2. The zero-order chi connectivity index (χ0) is 8.27. The number of primary amides is 1. The molecule has 3 nitrogen and oxygen atoms in total. The minimum absolute atomic E-state index is 0.362. The fourth-order valence-corrected chi connectivity index (χ4v) is 0.974. The molecule has 1 heterocycles. The van der Waals surface area contributed by atoms with Crippen molar-refractivity contribution in [2.24, 2.45) is 5.73 Å². The Morgan fingerprint density at radius 1 is 1.82 bits per heavy atom. The second kappa shape index (κ2) is 3.23. The van der Waals surface area contributed by atoms with Crippen LogP contribution in [0.1, 0.15) is 6.92 Å². The Morgan fingerprint density at radius 3 is 3.09 bits per heavy atom. The van der Waals surface area contributed by atoms with Crippen molar-refractivity contribution in [1.82, 2.24) is 4.90 Å². The maximum absolute atomic E-state index is 10.7. The molecule has 0 bridgehead atoms. The third-order valence-corrected chi connectivity index (χ3v) is 1.65. The van der Waals surface area contributed by atoms with Crippen molar-refractivity contribution in [1.29, 1.82) is 0 Å². The highest BCUT2D eigenvalue weighted by atomic mass is 16.1. The molecule has 11 heavy (non-hydrogen) atoms. The first-order valence-corrected chi connectivity index (χ1v) is 3.66. The lowest BCUT2D eigenvalue weighted by Crippen LogP contribution is -2.24. The third kappa shape index (κ3) is 1.83. The highest BCUT2D eigenvalue weighted by molar-refractivity contribution is 5.94. The van der Waals surface area contributed by atoms with Crippen molar-refractivity contribution in [2.75, 3.05) is 13.1 Å². The predicted octanol–water partition coefficient (Wildman–Crippen LogP) is 0.247. The first kappa shape index (κ1) is 7.85. The van der Waals surface area contributed by atoms with Crippen LogP contribution in [0.2, 0.25) is 0 Å². The van der Waals surface area contributed by atoms with E-state index >= 15 is 0 Å². The standard InChI is InChI=1S/C8H12N2O/c1-2-10-5-3-4-7(6-10)8(9)11/h3-4,6H,2,5H2,1H3,(H2,9,11). The van der Waals surface area contributed by atoms with E-state index in [9.17, 15) is 4.79 Å². The number of hydrogen-bond acceptors (Lipinski definition) is 2. The maximum Gasteiger partial charge on any atom is 0.250 e. The molecule has 0 fully saturated rings. The van der Waals surface area contributed by atoms with Crippen LogP contribution in [0.5, 0.6) is 0 Å². The fraction of sp³-hybridized carbons (Fsp3) is 0.375. The van der Waals surface area contributed by atoms with Gasteiger partial charge in [-0.05, 0) is 6.92 Å². The summed E-state index contributed by atoms with van der Waals surface area (Å²) in [5, 5.41) is 0. The first-order valence-electron chi connectivity index (χ1n) is 3.66. The Balaban J connectivity index is 2.71. The molecule has 0 saturated heterocycles. The molecule has 0 aromatic heterocycles. The summed E-state index contributed by atoms with van der Waals surface area (Å²) in [6.07, 6.45) is 5.49. The van der Waals surface area contributed by atoms with Gasteiger partial charge >= 0.3 is 0 Å². The van der Waals surface area contributed by atoms with Crippen LogP contribution in [-0.4, -0.2) is 23.9 Å². The van der Waals surface area contributed by atoms with E-state index in [1.165, 1.54) is 0 Å². The quantitative estimate of drug-likeness (QED) is 0.616. The van der Waals surface area contributed by atoms with Gasteiger partial charge < -0.3 is 10.6 Å². The van der Waals surface area contributed by atoms with E-state index in [1.807, 2.05) is 17.9 Å². The summed E-state index contributed by atoms with van der Waals surface area (Å²) in [6, 6.07) is 0. The van der Waals surface area contributed by atoms with Crippen LogP contribution >= 0.6 is 0 Å². The van der Waals surface area contributed by atoms with Gasteiger partial charge in [-0.3, -0.25) is 4.79 Å². The molecule has 0 aromatic rings. The monoisotopic (exact) mass is 152 g/mol. The number of nitrogens with two attached hydrogens (primary N) is 1. The molecular formula is C8H12N2O. The number of rotatable bonds is 2. The van der Waals surface area contributed by atoms with Crippen LogP contribution < -0.4 is 5.73 Å². The molecule has 0 atom stereocenters. The number of nitrogens with zero attached hydrogens (tertiary/aromatic N) is 1. The minimum Gasteiger partial charge on any atom is -0.373 e. The van der Waals surface area contributed by atoms with Crippen molar-refractivity contribution >= 4 is 5.91 Å². The smallest absolute Gasteiger partial charge is 0.250 e. The van der Waals surface area contributed by atoms with E-state index in [4.69, 9.17) is 5.73 Å². The molecule has 0 spiro atoms. The molecule has 0 saturated carbocycles. The zero-order valence-electron chi connectivity index (χ0n) is 6.58. The van der Waals surface area contributed by atoms with Crippen LogP contribution in [-0.2, 0) is 4.79 Å². The third-order valence-electron chi connectivity index (χ3n) is 1.65. The first-order chi connectivity index (χ1) is 5.24. The lowest BCUT2D eigenvalue weighted by molar-refractivity contribution is -0.114. The molecule has 1 amide bonds. The van der Waals surface area contributed by atoms with Crippen LogP contribution in [0.15, 0.2) is 23.9 Å². The van der Waals surface area contributed by atoms with Gasteiger partial charge in [0.2, 0.25) is 5.91 Å². The van der Waals surface area contributed by atoms with E-state index in [2.05, 4.69) is 0 Å². The summed E-state index contributed by atoms with van der Waals surface area (Å²) in [5.74, 6) is -0.362. The second-order valence-electron chi connectivity index (χ2n) is 2.44. The Hall–Kier alpha value is -1.25.